The van der Waals surface area contributed by atoms with Gasteiger partial charge in [-0.05, 0) is 31.4 Å². The molecule has 0 radical (unpaired) electrons. The molecule has 0 bridgehead atoms. The van der Waals surface area contributed by atoms with Gasteiger partial charge in [-0.1, -0.05) is 6.92 Å². The van der Waals surface area contributed by atoms with E-state index in [1.165, 1.54) is 24.9 Å². The molecule has 2 nitrogen and oxygen atoms in total. The van der Waals surface area contributed by atoms with Crippen molar-refractivity contribution in [1.29, 1.82) is 0 Å². The predicted molar refractivity (Wildman–Crippen MR) is 50.1 cm³/mol. The van der Waals surface area contributed by atoms with Gasteiger partial charge in [-0.25, -0.2) is 0 Å². The molecule has 1 aliphatic carbocycles. The molecule has 1 heterocycles. The summed E-state index contributed by atoms with van der Waals surface area (Å²) in [5.41, 5.74) is 1.62. The number of hydrogen-bond acceptors (Lipinski definition) is 2. The van der Waals surface area contributed by atoms with Gasteiger partial charge < -0.3 is 5.32 Å². The zero-order chi connectivity index (χ0) is 8.44. The zero-order valence-electron chi connectivity index (χ0n) is 7.38. The summed E-state index contributed by atoms with van der Waals surface area (Å²) in [5.74, 6) is 0. The summed E-state index contributed by atoms with van der Waals surface area (Å²) < 4.78 is 0. The first-order chi connectivity index (χ1) is 5.85. The van der Waals surface area contributed by atoms with Crippen molar-refractivity contribution < 1.29 is 0 Å². The summed E-state index contributed by atoms with van der Waals surface area (Å²) in [6.45, 7) is 2.24. The van der Waals surface area contributed by atoms with E-state index in [9.17, 15) is 0 Å². The Kier molecular flexibility index (Phi) is 1.75. The van der Waals surface area contributed by atoms with Crippen molar-refractivity contribution >= 4 is 5.69 Å². The minimum absolute atomic E-state index is 0.418. The number of anilines is 1. The van der Waals surface area contributed by atoms with Crippen LogP contribution >= 0.6 is 0 Å². The lowest BCUT2D eigenvalue weighted by Gasteiger charge is -2.15. The smallest absolute Gasteiger partial charge is 0.0375 e. The molecule has 0 unspecified atom stereocenters. The molecule has 2 rings (SSSR count). The maximum atomic E-state index is 3.98. The molecule has 64 valence electrons. The van der Waals surface area contributed by atoms with Crippen LogP contribution in [0.2, 0.25) is 0 Å². The maximum absolute atomic E-state index is 3.98. The molecule has 1 aromatic heterocycles. The largest absolute Gasteiger partial charge is 0.380 e. The van der Waals surface area contributed by atoms with Crippen molar-refractivity contribution in [3.05, 3.63) is 24.5 Å². The molecule has 0 spiro atoms. The van der Waals surface area contributed by atoms with Gasteiger partial charge in [0.1, 0.15) is 0 Å². The van der Waals surface area contributed by atoms with E-state index in [2.05, 4.69) is 17.2 Å². The van der Waals surface area contributed by atoms with Crippen LogP contribution in [0.25, 0.3) is 0 Å². The van der Waals surface area contributed by atoms with Gasteiger partial charge in [-0.15, -0.1) is 0 Å². The van der Waals surface area contributed by atoms with Crippen LogP contribution in [0, 0.1) is 0 Å². The fourth-order valence-corrected chi connectivity index (χ4v) is 1.46. The fourth-order valence-electron chi connectivity index (χ4n) is 1.46. The van der Waals surface area contributed by atoms with E-state index >= 15 is 0 Å². The van der Waals surface area contributed by atoms with Gasteiger partial charge in [0.2, 0.25) is 0 Å². The van der Waals surface area contributed by atoms with Crippen molar-refractivity contribution in [1.82, 2.24) is 4.98 Å². The third-order valence-electron chi connectivity index (χ3n) is 2.62. The van der Waals surface area contributed by atoms with Crippen LogP contribution in [0.3, 0.4) is 0 Å². The maximum Gasteiger partial charge on any atom is 0.0375 e. The highest BCUT2D eigenvalue weighted by molar-refractivity contribution is 5.45. The third-order valence-corrected chi connectivity index (χ3v) is 2.62. The molecule has 2 heteroatoms. The Morgan fingerprint density at radius 1 is 1.42 bits per heavy atom. The number of nitrogens with zero attached hydrogens (tertiary/aromatic N) is 1. The van der Waals surface area contributed by atoms with E-state index in [0.717, 1.165) is 0 Å². The first-order valence-corrected chi connectivity index (χ1v) is 4.53. The molecule has 1 aromatic rings. The number of pyridine rings is 1. The van der Waals surface area contributed by atoms with Gasteiger partial charge >= 0.3 is 0 Å². The van der Waals surface area contributed by atoms with E-state index < -0.39 is 0 Å². The standard InChI is InChI=1S/C10H14N2/c1-2-10(5-6-10)12-9-3-7-11-8-4-9/h3-4,7-8H,2,5-6H2,1H3,(H,11,12). The van der Waals surface area contributed by atoms with Crippen LogP contribution in [-0.4, -0.2) is 10.5 Å². The molecule has 1 saturated carbocycles. The Balaban J connectivity index is 2.04. The second-order valence-corrected chi connectivity index (χ2v) is 3.49. The molecule has 12 heavy (non-hydrogen) atoms. The highest BCUT2D eigenvalue weighted by atomic mass is 15.0. The normalized spacial score (nSPS) is 18.8. The number of rotatable bonds is 3. The quantitative estimate of drug-likeness (QED) is 0.738. The van der Waals surface area contributed by atoms with Gasteiger partial charge in [0.25, 0.3) is 0 Å². The van der Waals surface area contributed by atoms with E-state index in [1.54, 1.807) is 0 Å². The molecular weight excluding hydrogens is 148 g/mol. The molecule has 0 saturated heterocycles. The second kappa shape index (κ2) is 2.77. The Morgan fingerprint density at radius 2 is 2.08 bits per heavy atom. The van der Waals surface area contributed by atoms with Crippen LogP contribution in [0.5, 0.6) is 0 Å². The summed E-state index contributed by atoms with van der Waals surface area (Å²) in [6, 6.07) is 4.05. The topological polar surface area (TPSA) is 24.9 Å². The molecule has 0 atom stereocenters. The van der Waals surface area contributed by atoms with Crippen LogP contribution in [-0.2, 0) is 0 Å². The van der Waals surface area contributed by atoms with Crippen molar-refractivity contribution in [2.75, 3.05) is 5.32 Å². The molecule has 1 fully saturated rings. The number of hydrogen-bond donors (Lipinski definition) is 1. The Labute approximate surface area is 73.0 Å². The van der Waals surface area contributed by atoms with E-state index in [1.807, 2.05) is 24.5 Å². The summed E-state index contributed by atoms with van der Waals surface area (Å²) in [4.78, 5) is 3.98. The van der Waals surface area contributed by atoms with Gasteiger partial charge in [0.15, 0.2) is 0 Å². The van der Waals surface area contributed by atoms with Crippen molar-refractivity contribution in [2.24, 2.45) is 0 Å². The van der Waals surface area contributed by atoms with Crippen LogP contribution in [0.1, 0.15) is 26.2 Å². The third kappa shape index (κ3) is 1.42. The summed E-state index contributed by atoms with van der Waals surface area (Å²) in [6.07, 6.45) is 7.50. The van der Waals surface area contributed by atoms with Crippen LogP contribution < -0.4 is 5.32 Å². The predicted octanol–water partition coefficient (Wildman–Crippen LogP) is 2.44. The average molecular weight is 162 g/mol. The second-order valence-electron chi connectivity index (χ2n) is 3.49. The van der Waals surface area contributed by atoms with E-state index in [4.69, 9.17) is 0 Å². The van der Waals surface area contributed by atoms with Crippen molar-refractivity contribution in [2.45, 2.75) is 31.7 Å². The first-order valence-electron chi connectivity index (χ1n) is 4.53. The van der Waals surface area contributed by atoms with Crippen molar-refractivity contribution in [3.63, 3.8) is 0 Å². The lowest BCUT2D eigenvalue weighted by molar-refractivity contribution is 0.702. The zero-order valence-corrected chi connectivity index (χ0v) is 7.38. The number of nitrogens with one attached hydrogen (secondary N) is 1. The summed E-state index contributed by atoms with van der Waals surface area (Å²) >= 11 is 0. The fraction of sp³-hybridized carbons (Fsp3) is 0.500. The van der Waals surface area contributed by atoms with Crippen molar-refractivity contribution in [3.8, 4) is 0 Å². The monoisotopic (exact) mass is 162 g/mol. The summed E-state index contributed by atoms with van der Waals surface area (Å²) in [7, 11) is 0. The van der Waals surface area contributed by atoms with Crippen LogP contribution in [0.4, 0.5) is 5.69 Å². The minimum atomic E-state index is 0.418. The molecular formula is C10H14N2. The van der Waals surface area contributed by atoms with Crippen LogP contribution in [0.15, 0.2) is 24.5 Å². The Bertz CT molecular complexity index is 252. The highest BCUT2D eigenvalue weighted by Crippen LogP contribution is 2.41. The lowest BCUT2D eigenvalue weighted by atomic mass is 10.2. The molecule has 0 aromatic carbocycles. The number of aromatic nitrogens is 1. The van der Waals surface area contributed by atoms with Gasteiger partial charge in [0, 0.05) is 23.6 Å². The van der Waals surface area contributed by atoms with Gasteiger partial charge in [0.05, 0.1) is 0 Å². The molecule has 0 amide bonds. The molecule has 0 aliphatic heterocycles. The molecule has 1 N–H and O–H groups in total. The van der Waals surface area contributed by atoms with Gasteiger partial charge in [-0.3, -0.25) is 4.98 Å². The average Bonchev–Trinajstić information content (AvgIpc) is 2.88. The lowest BCUT2D eigenvalue weighted by Crippen LogP contribution is -2.19. The highest BCUT2D eigenvalue weighted by Gasteiger charge is 2.40. The van der Waals surface area contributed by atoms with Gasteiger partial charge in [-0.2, -0.15) is 0 Å². The minimum Gasteiger partial charge on any atom is -0.380 e. The first kappa shape index (κ1) is 7.59. The SMILES string of the molecule is CCC1(Nc2ccncc2)CC1. The Hall–Kier alpha value is -1.05. The Morgan fingerprint density at radius 3 is 2.58 bits per heavy atom. The summed E-state index contributed by atoms with van der Waals surface area (Å²) in [5, 5.41) is 3.54. The molecule has 1 aliphatic rings. The van der Waals surface area contributed by atoms with E-state index in [0.29, 0.717) is 5.54 Å². The van der Waals surface area contributed by atoms with E-state index in [-0.39, 0.29) is 0 Å².